The predicted octanol–water partition coefficient (Wildman–Crippen LogP) is 4.16. The molecule has 1 saturated carbocycles. The number of rotatable bonds is 3. The van der Waals surface area contributed by atoms with Gasteiger partial charge in [0.2, 0.25) is 0 Å². The zero-order chi connectivity index (χ0) is 10.3. The monoisotopic (exact) mass is 219 g/mol. The summed E-state index contributed by atoms with van der Waals surface area (Å²) in [6, 6.07) is 4.78. The van der Waals surface area contributed by atoms with E-state index in [9.17, 15) is 0 Å². The van der Waals surface area contributed by atoms with Crippen molar-refractivity contribution in [3.63, 3.8) is 0 Å². The lowest BCUT2D eigenvalue weighted by molar-refractivity contribution is 0.444. The van der Waals surface area contributed by atoms with Crippen molar-refractivity contribution in [1.82, 2.24) is 0 Å². The van der Waals surface area contributed by atoms with E-state index < -0.39 is 0 Å². The second-order valence-corrected chi connectivity index (χ2v) is 4.94. The summed E-state index contributed by atoms with van der Waals surface area (Å²) in [5, 5.41) is 2.10. The van der Waals surface area contributed by atoms with Crippen molar-refractivity contribution in [1.29, 1.82) is 0 Å². The van der Waals surface area contributed by atoms with E-state index in [0.717, 1.165) is 0 Å². The van der Waals surface area contributed by atoms with Gasteiger partial charge in [-0.25, -0.2) is 0 Å². The Morgan fingerprint density at radius 3 is 2.87 bits per heavy atom. The Kier molecular flexibility index (Phi) is 4.15. The van der Waals surface area contributed by atoms with Crippen molar-refractivity contribution >= 4 is 23.6 Å². The molecule has 15 heavy (non-hydrogen) atoms. The van der Waals surface area contributed by atoms with Crippen LogP contribution in [-0.4, -0.2) is 12.3 Å². The Morgan fingerprint density at radius 2 is 2.13 bits per heavy atom. The molecule has 0 atom stereocenters. The van der Waals surface area contributed by atoms with Crippen LogP contribution >= 0.6 is 11.3 Å². The average Bonchev–Trinajstić information content (AvgIpc) is 2.79. The van der Waals surface area contributed by atoms with Gasteiger partial charge in [-0.1, -0.05) is 25.3 Å². The molecule has 0 amide bonds. The summed E-state index contributed by atoms with van der Waals surface area (Å²) in [4.78, 5) is 5.87. The highest BCUT2D eigenvalue weighted by Crippen LogP contribution is 2.19. The van der Waals surface area contributed by atoms with Crippen molar-refractivity contribution in [3.05, 3.63) is 28.5 Å². The number of hydrogen-bond donors (Lipinski definition) is 0. The van der Waals surface area contributed by atoms with Crippen LogP contribution in [0.2, 0.25) is 0 Å². The van der Waals surface area contributed by atoms with Gasteiger partial charge in [0.25, 0.3) is 0 Å². The number of nitrogens with zero attached hydrogens (tertiary/aromatic N) is 1. The summed E-state index contributed by atoms with van der Waals surface area (Å²) < 4.78 is 0. The van der Waals surface area contributed by atoms with Gasteiger partial charge in [0.1, 0.15) is 0 Å². The van der Waals surface area contributed by atoms with E-state index in [-0.39, 0.29) is 0 Å². The first kappa shape index (κ1) is 10.6. The SMILES string of the molecule is C(/C=C/c1cccs1)=NC1CCCCC1. The van der Waals surface area contributed by atoms with Crippen molar-refractivity contribution < 1.29 is 0 Å². The van der Waals surface area contributed by atoms with E-state index in [0.29, 0.717) is 6.04 Å². The van der Waals surface area contributed by atoms with Crippen LogP contribution in [0, 0.1) is 0 Å². The minimum Gasteiger partial charge on any atom is -0.290 e. The summed E-state index contributed by atoms with van der Waals surface area (Å²) in [6.07, 6.45) is 12.8. The molecule has 2 heteroatoms. The lowest BCUT2D eigenvalue weighted by Gasteiger charge is -2.16. The van der Waals surface area contributed by atoms with Gasteiger partial charge in [0.15, 0.2) is 0 Å². The largest absolute Gasteiger partial charge is 0.290 e. The molecule has 0 saturated heterocycles. The maximum Gasteiger partial charge on any atom is 0.0499 e. The van der Waals surface area contributed by atoms with E-state index in [1.54, 1.807) is 11.3 Å². The van der Waals surface area contributed by atoms with Crippen molar-refractivity contribution in [3.8, 4) is 0 Å². The van der Waals surface area contributed by atoms with Crippen LogP contribution in [-0.2, 0) is 0 Å². The van der Waals surface area contributed by atoms with Crippen molar-refractivity contribution in [2.45, 2.75) is 38.1 Å². The van der Waals surface area contributed by atoms with E-state index in [4.69, 9.17) is 0 Å². The van der Waals surface area contributed by atoms with Crippen LogP contribution < -0.4 is 0 Å². The average molecular weight is 219 g/mol. The fraction of sp³-hybridized carbons (Fsp3) is 0.462. The second kappa shape index (κ2) is 5.86. The molecule has 1 heterocycles. The second-order valence-electron chi connectivity index (χ2n) is 3.96. The third-order valence-corrected chi connectivity index (χ3v) is 3.60. The van der Waals surface area contributed by atoms with Crippen LogP contribution in [0.4, 0.5) is 0 Å². The summed E-state index contributed by atoms with van der Waals surface area (Å²) >= 11 is 1.76. The lowest BCUT2D eigenvalue weighted by Crippen LogP contribution is -2.09. The van der Waals surface area contributed by atoms with Gasteiger partial charge < -0.3 is 0 Å². The van der Waals surface area contributed by atoms with Gasteiger partial charge in [0.05, 0.1) is 0 Å². The molecule has 80 valence electrons. The van der Waals surface area contributed by atoms with Gasteiger partial charge in [-0.05, 0) is 36.4 Å². The summed E-state index contributed by atoms with van der Waals surface area (Å²) in [5.41, 5.74) is 0. The Bertz CT molecular complexity index is 318. The number of allylic oxidation sites excluding steroid dienone is 1. The number of aliphatic imine (C=N–C) groups is 1. The summed E-state index contributed by atoms with van der Waals surface area (Å²) in [7, 11) is 0. The summed E-state index contributed by atoms with van der Waals surface area (Å²) in [5.74, 6) is 0. The molecule has 0 bridgehead atoms. The highest BCUT2D eigenvalue weighted by atomic mass is 32.1. The maximum atomic E-state index is 4.58. The highest BCUT2D eigenvalue weighted by molar-refractivity contribution is 7.10. The van der Waals surface area contributed by atoms with Gasteiger partial charge in [0, 0.05) is 17.1 Å². The van der Waals surface area contributed by atoms with Crippen molar-refractivity contribution in [2.75, 3.05) is 0 Å². The first-order valence-corrected chi connectivity index (χ1v) is 6.56. The van der Waals surface area contributed by atoms with E-state index >= 15 is 0 Å². The Morgan fingerprint density at radius 1 is 1.27 bits per heavy atom. The Hall–Kier alpha value is -0.890. The normalized spacial score (nSPS) is 19.2. The quantitative estimate of drug-likeness (QED) is 0.677. The highest BCUT2D eigenvalue weighted by Gasteiger charge is 2.09. The van der Waals surface area contributed by atoms with E-state index in [2.05, 4.69) is 34.7 Å². The molecule has 1 nitrogen and oxygen atoms in total. The Labute approximate surface area is 95.6 Å². The molecule has 0 N–H and O–H groups in total. The lowest BCUT2D eigenvalue weighted by atomic mass is 9.96. The van der Waals surface area contributed by atoms with Crippen LogP contribution in [0.5, 0.6) is 0 Å². The van der Waals surface area contributed by atoms with Crippen LogP contribution in [0.3, 0.4) is 0 Å². The van der Waals surface area contributed by atoms with E-state index in [1.807, 2.05) is 6.21 Å². The molecule has 1 aromatic rings. The van der Waals surface area contributed by atoms with Gasteiger partial charge in [-0.3, -0.25) is 4.99 Å². The maximum absolute atomic E-state index is 4.58. The summed E-state index contributed by atoms with van der Waals surface area (Å²) in [6.45, 7) is 0. The van der Waals surface area contributed by atoms with Crippen LogP contribution in [0.15, 0.2) is 28.6 Å². The minimum atomic E-state index is 0.590. The van der Waals surface area contributed by atoms with Crippen LogP contribution in [0.1, 0.15) is 37.0 Å². The fourth-order valence-corrected chi connectivity index (χ4v) is 2.55. The van der Waals surface area contributed by atoms with Gasteiger partial charge >= 0.3 is 0 Å². The molecule has 0 unspecified atom stereocenters. The molecular formula is C13H17NS. The molecule has 2 rings (SSSR count). The van der Waals surface area contributed by atoms with E-state index in [1.165, 1.54) is 37.0 Å². The van der Waals surface area contributed by atoms with Gasteiger partial charge in [-0.15, -0.1) is 11.3 Å². The number of hydrogen-bond acceptors (Lipinski definition) is 2. The third kappa shape index (κ3) is 3.63. The first-order chi connectivity index (χ1) is 7.45. The molecule has 1 aliphatic carbocycles. The fourth-order valence-electron chi connectivity index (χ4n) is 1.93. The Balaban J connectivity index is 1.79. The first-order valence-electron chi connectivity index (χ1n) is 5.68. The molecule has 0 aliphatic heterocycles. The smallest absolute Gasteiger partial charge is 0.0499 e. The third-order valence-electron chi connectivity index (χ3n) is 2.76. The molecule has 0 spiro atoms. The zero-order valence-electron chi connectivity index (χ0n) is 8.93. The number of thiophene rings is 1. The zero-order valence-corrected chi connectivity index (χ0v) is 9.75. The standard InChI is InChI=1S/C13H17NS/c1-2-6-12(7-3-1)14-10-4-8-13-9-5-11-15-13/h4-5,8-12H,1-3,6-7H2/b8-4+,14-10?. The molecule has 0 aromatic carbocycles. The molecule has 1 aromatic heterocycles. The van der Waals surface area contributed by atoms with Crippen LogP contribution in [0.25, 0.3) is 6.08 Å². The molecule has 1 fully saturated rings. The van der Waals surface area contributed by atoms with Crippen molar-refractivity contribution in [2.24, 2.45) is 4.99 Å². The topological polar surface area (TPSA) is 12.4 Å². The molecular weight excluding hydrogens is 202 g/mol. The molecule has 1 aliphatic rings. The predicted molar refractivity (Wildman–Crippen MR) is 68.7 cm³/mol. The van der Waals surface area contributed by atoms with Gasteiger partial charge in [-0.2, -0.15) is 0 Å². The molecule has 0 radical (unpaired) electrons. The minimum absolute atomic E-state index is 0.590.